The number of carbonyl (C=O) groups excluding carboxylic acids is 1. The fraction of sp³-hybridized carbons (Fsp3) is 0.318. The Kier molecular flexibility index (Phi) is 6.13. The van der Waals surface area contributed by atoms with Gasteiger partial charge in [0.25, 0.3) is 17.2 Å². The summed E-state index contributed by atoms with van der Waals surface area (Å²) < 4.78 is 26.6. The van der Waals surface area contributed by atoms with E-state index >= 15 is 0 Å². The molecule has 1 aliphatic rings. The summed E-state index contributed by atoms with van der Waals surface area (Å²) in [6, 6.07) is 11.1. The van der Waals surface area contributed by atoms with E-state index in [0.29, 0.717) is 45.4 Å². The Bertz CT molecular complexity index is 1130. The van der Waals surface area contributed by atoms with Gasteiger partial charge in [0.1, 0.15) is 5.82 Å². The summed E-state index contributed by atoms with van der Waals surface area (Å²) in [5.41, 5.74) is 1.35. The maximum Gasteiger partial charge on any atom is 0.288 e. The van der Waals surface area contributed by atoms with Gasteiger partial charge in [-0.15, -0.1) is 0 Å². The number of halogens is 2. The van der Waals surface area contributed by atoms with E-state index in [1.807, 2.05) is 0 Å². The lowest BCUT2D eigenvalue weighted by molar-refractivity contribution is 0.102. The Morgan fingerprint density at radius 1 is 1.07 bits per heavy atom. The first kappa shape index (κ1) is 20.5. The van der Waals surface area contributed by atoms with Crippen molar-refractivity contribution in [1.82, 2.24) is 9.55 Å². The molecule has 156 valence electrons. The molecule has 1 amide bonds. The van der Waals surface area contributed by atoms with Gasteiger partial charge < -0.3 is 5.32 Å². The molecule has 0 unspecified atom stereocenters. The summed E-state index contributed by atoms with van der Waals surface area (Å²) in [4.78, 5) is 30.6. The number of nitrogens with one attached hydrogen (secondary N) is 1. The summed E-state index contributed by atoms with van der Waals surface area (Å²) in [6.07, 6.45) is 4.97. The molecule has 3 aromatic rings. The molecule has 5 nitrogen and oxygen atoms in total. The minimum absolute atomic E-state index is 0.0593. The lowest BCUT2D eigenvalue weighted by atomic mass is 10.1. The predicted octanol–water partition coefficient (Wildman–Crippen LogP) is 5.08. The first-order chi connectivity index (χ1) is 14.5. The molecule has 0 aliphatic carbocycles. The fourth-order valence-corrected chi connectivity index (χ4v) is 4.16. The molecule has 0 fully saturated rings. The Labute approximate surface area is 176 Å². The minimum atomic E-state index is -2.49. The van der Waals surface area contributed by atoms with Gasteiger partial charge >= 0.3 is 0 Å². The van der Waals surface area contributed by atoms with Crippen LogP contribution in [0.4, 0.5) is 14.5 Å². The number of hydrogen-bond donors (Lipinski definition) is 1. The summed E-state index contributed by atoms with van der Waals surface area (Å²) in [5.74, 6) is -2.06. The highest BCUT2D eigenvalue weighted by atomic mass is 32.2. The van der Waals surface area contributed by atoms with Crippen molar-refractivity contribution in [2.24, 2.45) is 0 Å². The van der Waals surface area contributed by atoms with Gasteiger partial charge in [-0.25, -0.2) is 4.98 Å². The first-order valence-corrected chi connectivity index (χ1v) is 10.8. The van der Waals surface area contributed by atoms with Crippen molar-refractivity contribution < 1.29 is 13.6 Å². The van der Waals surface area contributed by atoms with E-state index in [9.17, 15) is 18.4 Å². The molecule has 0 radical (unpaired) electrons. The average Bonchev–Trinajstić information content (AvgIpc) is 2.70. The van der Waals surface area contributed by atoms with Crippen LogP contribution in [0, 0.1) is 0 Å². The van der Waals surface area contributed by atoms with E-state index in [1.54, 1.807) is 34.9 Å². The molecule has 0 spiro atoms. The zero-order chi connectivity index (χ0) is 21.1. The number of nitrogens with zero attached hydrogens (tertiary/aromatic N) is 2. The largest absolute Gasteiger partial charge is 0.322 e. The van der Waals surface area contributed by atoms with Crippen LogP contribution >= 0.6 is 11.8 Å². The van der Waals surface area contributed by atoms with Crippen molar-refractivity contribution in [2.75, 3.05) is 5.32 Å². The van der Waals surface area contributed by atoms with Crippen molar-refractivity contribution in [2.45, 2.75) is 49.3 Å². The normalized spacial score (nSPS) is 14.2. The number of amides is 1. The van der Waals surface area contributed by atoms with Gasteiger partial charge in [0.15, 0.2) is 0 Å². The quantitative estimate of drug-likeness (QED) is 0.588. The molecule has 1 aromatic heterocycles. The molecule has 1 aliphatic heterocycles. The Morgan fingerprint density at radius 3 is 2.60 bits per heavy atom. The van der Waals surface area contributed by atoms with Crippen LogP contribution in [0.25, 0.3) is 10.9 Å². The third-order valence-electron chi connectivity index (χ3n) is 5.17. The molecule has 4 rings (SSSR count). The Hall–Kier alpha value is -2.74. The molecule has 1 N–H and O–H groups in total. The van der Waals surface area contributed by atoms with Crippen LogP contribution in [0.2, 0.25) is 0 Å². The zero-order valence-electron chi connectivity index (χ0n) is 16.2. The lowest BCUT2D eigenvalue weighted by Crippen LogP contribution is -2.26. The smallest absolute Gasteiger partial charge is 0.288 e. The second-order valence-corrected chi connectivity index (χ2v) is 8.30. The number of carbonyl (C=O) groups is 1. The van der Waals surface area contributed by atoms with E-state index in [2.05, 4.69) is 10.3 Å². The molecule has 0 bridgehead atoms. The van der Waals surface area contributed by atoms with Gasteiger partial charge in [0, 0.05) is 29.1 Å². The molecule has 2 aromatic carbocycles. The number of hydrogen-bond acceptors (Lipinski definition) is 4. The SMILES string of the molecule is O=C(Nc1ccc(SC(F)F)cc1)c1ccc2c(=O)n3c(nc2c1)CCCCCC3. The highest BCUT2D eigenvalue weighted by Crippen LogP contribution is 2.26. The Balaban J connectivity index is 1.59. The highest BCUT2D eigenvalue weighted by Gasteiger charge is 2.15. The van der Waals surface area contributed by atoms with Gasteiger partial charge in [-0.3, -0.25) is 14.2 Å². The number of fused-ring (bicyclic) bond motifs is 2. The van der Waals surface area contributed by atoms with Gasteiger partial charge in [0.2, 0.25) is 0 Å². The van der Waals surface area contributed by atoms with Crippen LogP contribution in [0.3, 0.4) is 0 Å². The van der Waals surface area contributed by atoms with Crippen LogP contribution in [-0.4, -0.2) is 21.2 Å². The standard InChI is InChI=1S/C22H21F2N3O2S/c23-22(24)30-16-9-7-15(8-10-16)25-20(28)14-6-11-17-18(13-14)26-19-5-3-1-2-4-12-27(19)21(17)29/h6-11,13,22H,1-5,12H2,(H,25,28). The van der Waals surface area contributed by atoms with E-state index < -0.39 is 5.76 Å². The maximum atomic E-state index is 12.9. The first-order valence-electron chi connectivity index (χ1n) is 9.91. The number of alkyl halides is 2. The van der Waals surface area contributed by atoms with Crippen molar-refractivity contribution in [1.29, 1.82) is 0 Å². The van der Waals surface area contributed by atoms with Crippen molar-refractivity contribution in [3.05, 3.63) is 64.2 Å². The molecule has 2 heterocycles. The van der Waals surface area contributed by atoms with Crippen LogP contribution in [0.5, 0.6) is 0 Å². The molecule has 0 saturated heterocycles. The molecular weight excluding hydrogens is 408 g/mol. The van der Waals surface area contributed by atoms with Gasteiger partial charge in [0.05, 0.1) is 10.9 Å². The summed E-state index contributed by atoms with van der Waals surface area (Å²) in [6.45, 7) is 0.680. The number of rotatable bonds is 4. The number of thioether (sulfide) groups is 1. The Morgan fingerprint density at radius 2 is 1.83 bits per heavy atom. The maximum absolute atomic E-state index is 12.9. The molecule has 0 saturated carbocycles. The zero-order valence-corrected chi connectivity index (χ0v) is 17.1. The van der Waals surface area contributed by atoms with Crippen LogP contribution < -0.4 is 10.9 Å². The van der Waals surface area contributed by atoms with E-state index in [-0.39, 0.29) is 11.5 Å². The van der Waals surface area contributed by atoms with Gasteiger partial charge in [-0.1, -0.05) is 24.6 Å². The second-order valence-electron chi connectivity index (χ2n) is 7.24. The predicted molar refractivity (Wildman–Crippen MR) is 114 cm³/mol. The topological polar surface area (TPSA) is 64.0 Å². The van der Waals surface area contributed by atoms with Crippen LogP contribution in [0.1, 0.15) is 41.9 Å². The van der Waals surface area contributed by atoms with Crippen molar-refractivity contribution in [3.63, 3.8) is 0 Å². The van der Waals surface area contributed by atoms with Crippen molar-refractivity contribution >= 4 is 34.3 Å². The number of aryl methyl sites for hydroxylation is 1. The van der Waals surface area contributed by atoms with Crippen molar-refractivity contribution in [3.8, 4) is 0 Å². The summed E-state index contributed by atoms with van der Waals surface area (Å²) in [5, 5.41) is 3.26. The van der Waals surface area contributed by atoms with Crippen LogP contribution in [-0.2, 0) is 13.0 Å². The van der Waals surface area contributed by atoms with E-state index in [0.717, 1.165) is 37.9 Å². The van der Waals surface area contributed by atoms with E-state index in [4.69, 9.17) is 0 Å². The van der Waals surface area contributed by atoms with Gasteiger partial charge in [-0.2, -0.15) is 8.78 Å². The monoisotopic (exact) mass is 429 g/mol. The highest BCUT2D eigenvalue weighted by molar-refractivity contribution is 7.99. The fourth-order valence-electron chi connectivity index (χ4n) is 3.66. The minimum Gasteiger partial charge on any atom is -0.322 e. The third-order valence-corrected chi connectivity index (χ3v) is 5.89. The molecule has 30 heavy (non-hydrogen) atoms. The summed E-state index contributed by atoms with van der Waals surface area (Å²) in [7, 11) is 0. The third kappa shape index (κ3) is 4.53. The molecule has 8 heteroatoms. The number of anilines is 1. The number of benzene rings is 2. The molecular formula is C22H21F2N3O2S. The van der Waals surface area contributed by atoms with Gasteiger partial charge in [-0.05, 0) is 55.3 Å². The number of aromatic nitrogens is 2. The second kappa shape index (κ2) is 8.95. The van der Waals surface area contributed by atoms with E-state index in [1.165, 1.54) is 12.1 Å². The summed E-state index contributed by atoms with van der Waals surface area (Å²) >= 11 is 0.453. The lowest BCUT2D eigenvalue weighted by Gasteiger charge is -2.16. The van der Waals surface area contributed by atoms with Crippen LogP contribution in [0.15, 0.2) is 52.2 Å². The molecule has 0 atom stereocenters. The average molecular weight is 429 g/mol.